The summed E-state index contributed by atoms with van der Waals surface area (Å²) in [7, 11) is -3.54. The van der Waals surface area contributed by atoms with Crippen LogP contribution < -0.4 is 9.62 Å². The molecule has 0 bridgehead atoms. The molecule has 0 spiro atoms. The Labute approximate surface area is 224 Å². The first-order chi connectivity index (χ1) is 16.8. The number of nitrogens with one attached hydrogen (secondary N) is 1. The number of hydrogen-bond acceptors (Lipinski definition) is 4. The minimum Gasteiger partial charge on any atom is -0.354 e. The summed E-state index contributed by atoms with van der Waals surface area (Å²) >= 11 is 12.4. The van der Waals surface area contributed by atoms with Crippen LogP contribution in [-0.2, 0) is 26.2 Å². The van der Waals surface area contributed by atoms with Crippen molar-refractivity contribution in [2.24, 2.45) is 5.92 Å². The number of carbonyl (C=O) groups is 2. The molecule has 198 valence electrons. The van der Waals surface area contributed by atoms with Gasteiger partial charge in [-0.15, -0.1) is 0 Å². The van der Waals surface area contributed by atoms with Gasteiger partial charge in [-0.05, 0) is 56.0 Å². The van der Waals surface area contributed by atoms with Crippen LogP contribution in [0.3, 0.4) is 0 Å². The van der Waals surface area contributed by atoms with E-state index in [4.69, 9.17) is 23.2 Å². The van der Waals surface area contributed by atoms with Crippen LogP contribution in [0.4, 0.5) is 5.69 Å². The molecule has 2 amide bonds. The quantitative estimate of drug-likeness (QED) is 0.397. The number of hydrogen-bond donors (Lipinski definition) is 1. The molecule has 1 atom stereocenters. The Balaban J connectivity index is 2.19. The van der Waals surface area contributed by atoms with Gasteiger partial charge in [-0.3, -0.25) is 13.9 Å². The van der Waals surface area contributed by atoms with Crippen molar-refractivity contribution in [3.63, 3.8) is 0 Å². The third-order valence-corrected chi connectivity index (χ3v) is 7.46. The number of aryl methyl sites for hydroxylation is 1. The minimum atomic E-state index is -3.54. The highest BCUT2D eigenvalue weighted by molar-refractivity contribution is 7.92. The highest BCUT2D eigenvalue weighted by Crippen LogP contribution is 2.24. The summed E-state index contributed by atoms with van der Waals surface area (Å²) in [4.78, 5) is 27.6. The van der Waals surface area contributed by atoms with Gasteiger partial charge in [-0.2, -0.15) is 0 Å². The molecule has 7 nitrogen and oxygen atoms in total. The van der Waals surface area contributed by atoms with Gasteiger partial charge in [0, 0.05) is 36.1 Å². The van der Waals surface area contributed by atoms with E-state index in [0.717, 1.165) is 11.8 Å². The molecule has 0 saturated heterocycles. The van der Waals surface area contributed by atoms with Gasteiger partial charge >= 0.3 is 0 Å². The van der Waals surface area contributed by atoms with E-state index >= 15 is 0 Å². The second kappa shape index (κ2) is 13.3. The van der Waals surface area contributed by atoms with Crippen LogP contribution >= 0.6 is 23.2 Å². The van der Waals surface area contributed by atoms with Gasteiger partial charge in [0.05, 0.1) is 11.9 Å². The fraction of sp³-hybridized carbons (Fsp3) is 0.462. The monoisotopic (exact) mass is 555 g/mol. The molecule has 0 heterocycles. The van der Waals surface area contributed by atoms with Crippen molar-refractivity contribution in [2.45, 2.75) is 53.1 Å². The van der Waals surface area contributed by atoms with Gasteiger partial charge in [-0.1, -0.05) is 60.8 Å². The second-order valence-corrected chi connectivity index (χ2v) is 12.1. The maximum absolute atomic E-state index is 13.3. The normalized spacial score (nSPS) is 12.3. The van der Waals surface area contributed by atoms with Crippen molar-refractivity contribution in [3.8, 4) is 0 Å². The summed E-state index contributed by atoms with van der Waals surface area (Å²) in [5.74, 6) is -0.273. The van der Waals surface area contributed by atoms with E-state index in [1.807, 2.05) is 32.9 Å². The lowest BCUT2D eigenvalue weighted by atomic mass is 10.1. The molecule has 0 aromatic heterocycles. The van der Waals surface area contributed by atoms with Crippen LogP contribution in [0.25, 0.3) is 0 Å². The lowest BCUT2D eigenvalue weighted by molar-refractivity contribution is -0.140. The molecule has 2 aromatic carbocycles. The lowest BCUT2D eigenvalue weighted by Crippen LogP contribution is -2.48. The van der Waals surface area contributed by atoms with Crippen molar-refractivity contribution < 1.29 is 18.0 Å². The number of sulfonamides is 1. The molecule has 0 aliphatic heterocycles. The van der Waals surface area contributed by atoms with Gasteiger partial charge in [0.2, 0.25) is 21.8 Å². The molecular formula is C26H35Cl2N3O4S. The fourth-order valence-corrected chi connectivity index (χ4v) is 5.02. The second-order valence-electron chi connectivity index (χ2n) is 9.35. The molecule has 0 aliphatic rings. The zero-order chi connectivity index (χ0) is 27.0. The van der Waals surface area contributed by atoms with E-state index in [2.05, 4.69) is 5.32 Å². The molecule has 2 aromatic rings. The number of amides is 2. The number of nitrogens with zero attached hydrogens (tertiary/aromatic N) is 2. The third-order valence-electron chi connectivity index (χ3n) is 5.68. The Kier molecular flexibility index (Phi) is 11.1. The first kappa shape index (κ1) is 29.9. The predicted octanol–water partition coefficient (Wildman–Crippen LogP) is 5.04. The van der Waals surface area contributed by atoms with Crippen molar-refractivity contribution in [1.82, 2.24) is 10.2 Å². The number of carbonyl (C=O) groups excluding carboxylic acids is 2. The van der Waals surface area contributed by atoms with Crippen LogP contribution in [0.15, 0.2) is 42.5 Å². The van der Waals surface area contributed by atoms with Crippen molar-refractivity contribution in [1.29, 1.82) is 0 Å². The SMILES string of the molecule is Cc1ccc(N(CCCC(=O)N(Cc2ccc(Cl)cc2Cl)[C@@H](C)C(=O)NCC(C)C)S(C)(=O)=O)cc1. The number of benzene rings is 2. The van der Waals surface area contributed by atoms with E-state index in [1.54, 1.807) is 37.3 Å². The zero-order valence-corrected chi connectivity index (χ0v) is 23.8. The summed E-state index contributed by atoms with van der Waals surface area (Å²) in [6.07, 6.45) is 1.49. The minimum absolute atomic E-state index is 0.0604. The Morgan fingerprint density at radius 3 is 2.22 bits per heavy atom. The highest BCUT2D eigenvalue weighted by atomic mass is 35.5. The van der Waals surface area contributed by atoms with Crippen molar-refractivity contribution >= 4 is 50.7 Å². The largest absolute Gasteiger partial charge is 0.354 e. The maximum Gasteiger partial charge on any atom is 0.242 e. The lowest BCUT2D eigenvalue weighted by Gasteiger charge is -2.30. The maximum atomic E-state index is 13.3. The van der Waals surface area contributed by atoms with E-state index in [9.17, 15) is 18.0 Å². The summed E-state index contributed by atoms with van der Waals surface area (Å²) in [5.41, 5.74) is 2.22. The topological polar surface area (TPSA) is 86.8 Å². The van der Waals surface area contributed by atoms with Crippen molar-refractivity contribution in [3.05, 3.63) is 63.6 Å². The molecule has 0 fully saturated rings. The van der Waals surface area contributed by atoms with Crippen LogP contribution in [-0.4, -0.2) is 50.5 Å². The molecule has 36 heavy (non-hydrogen) atoms. The fourth-order valence-electron chi connectivity index (χ4n) is 3.58. The van der Waals surface area contributed by atoms with E-state index in [0.29, 0.717) is 27.8 Å². The third kappa shape index (κ3) is 8.98. The zero-order valence-electron chi connectivity index (χ0n) is 21.4. The predicted molar refractivity (Wildman–Crippen MR) is 147 cm³/mol. The van der Waals surface area contributed by atoms with Crippen molar-refractivity contribution in [2.75, 3.05) is 23.7 Å². The number of rotatable bonds is 12. The van der Waals surface area contributed by atoms with Gasteiger partial charge in [-0.25, -0.2) is 8.42 Å². The molecule has 0 radical (unpaired) electrons. The van der Waals surface area contributed by atoms with Gasteiger partial charge < -0.3 is 10.2 Å². The summed E-state index contributed by atoms with van der Waals surface area (Å²) < 4.78 is 26.1. The molecule has 0 aliphatic carbocycles. The average molecular weight is 557 g/mol. The average Bonchev–Trinajstić information content (AvgIpc) is 2.79. The smallest absolute Gasteiger partial charge is 0.242 e. The van der Waals surface area contributed by atoms with E-state index in [1.165, 1.54) is 9.21 Å². The summed E-state index contributed by atoms with van der Waals surface area (Å²) in [6, 6.07) is 11.4. The molecule has 2 rings (SSSR count). The Morgan fingerprint density at radius 2 is 1.67 bits per heavy atom. The van der Waals surface area contributed by atoms with Crippen LogP contribution in [0.5, 0.6) is 0 Å². The van der Waals surface area contributed by atoms with E-state index < -0.39 is 16.1 Å². The van der Waals surface area contributed by atoms with Gasteiger partial charge in [0.1, 0.15) is 6.04 Å². The molecular weight excluding hydrogens is 521 g/mol. The Hall–Kier alpha value is -2.29. The standard InChI is InChI=1S/C26H35Cl2N3O4S/c1-18(2)16-29-26(33)20(4)30(17-21-10-11-22(27)15-24(21)28)25(32)7-6-14-31(36(5,34)35)23-12-8-19(3)9-13-23/h8-13,15,18,20H,6-7,14,16-17H2,1-5H3,(H,29,33)/t20-/m0/s1. The Bertz CT molecular complexity index is 1150. The van der Waals surface area contributed by atoms with Crippen LogP contribution in [0.2, 0.25) is 10.0 Å². The number of halogens is 2. The first-order valence-corrected chi connectivity index (χ1v) is 14.5. The first-order valence-electron chi connectivity index (χ1n) is 11.8. The molecule has 10 heteroatoms. The van der Waals surface area contributed by atoms with Crippen LogP contribution in [0.1, 0.15) is 44.7 Å². The molecule has 1 N–H and O–H groups in total. The van der Waals surface area contributed by atoms with Gasteiger partial charge in [0.15, 0.2) is 0 Å². The van der Waals surface area contributed by atoms with E-state index in [-0.39, 0.29) is 43.7 Å². The number of anilines is 1. The molecule has 0 unspecified atom stereocenters. The summed E-state index contributed by atoms with van der Waals surface area (Å²) in [5, 5.41) is 3.75. The summed E-state index contributed by atoms with van der Waals surface area (Å²) in [6.45, 7) is 8.33. The van der Waals surface area contributed by atoms with Crippen LogP contribution in [0, 0.1) is 12.8 Å². The highest BCUT2D eigenvalue weighted by Gasteiger charge is 2.27. The molecule has 0 saturated carbocycles. The Morgan fingerprint density at radius 1 is 1.03 bits per heavy atom. The van der Waals surface area contributed by atoms with Gasteiger partial charge in [0.25, 0.3) is 0 Å².